The number of rotatable bonds is 3. The van der Waals surface area contributed by atoms with Crippen molar-refractivity contribution in [2.75, 3.05) is 7.11 Å². The predicted octanol–water partition coefficient (Wildman–Crippen LogP) is 3.08. The lowest BCUT2D eigenvalue weighted by Gasteiger charge is -2.06. The van der Waals surface area contributed by atoms with Gasteiger partial charge < -0.3 is 4.74 Å². The SMILES string of the molecule is COc1ccccc1C(=O)c1ccc(Br)cn1. The first-order valence-corrected chi connectivity index (χ1v) is 5.81. The van der Waals surface area contributed by atoms with Gasteiger partial charge in [0.15, 0.2) is 0 Å². The van der Waals surface area contributed by atoms with E-state index in [4.69, 9.17) is 4.74 Å². The molecule has 0 bridgehead atoms. The van der Waals surface area contributed by atoms with Gasteiger partial charge in [0.2, 0.25) is 5.78 Å². The monoisotopic (exact) mass is 291 g/mol. The second kappa shape index (κ2) is 5.10. The number of nitrogens with zero attached hydrogens (tertiary/aromatic N) is 1. The van der Waals surface area contributed by atoms with Crippen LogP contribution in [0.5, 0.6) is 5.75 Å². The molecule has 0 fully saturated rings. The smallest absolute Gasteiger partial charge is 0.215 e. The number of hydrogen-bond donors (Lipinski definition) is 0. The zero-order valence-electron chi connectivity index (χ0n) is 9.18. The molecule has 86 valence electrons. The van der Waals surface area contributed by atoms with Gasteiger partial charge in [0.05, 0.1) is 12.7 Å². The first-order valence-electron chi connectivity index (χ1n) is 5.01. The molecule has 1 aromatic carbocycles. The number of ether oxygens (including phenoxy) is 1. The van der Waals surface area contributed by atoms with Gasteiger partial charge in [-0.3, -0.25) is 9.78 Å². The number of halogens is 1. The Labute approximate surface area is 108 Å². The maximum atomic E-state index is 12.2. The molecule has 1 aromatic heterocycles. The summed E-state index contributed by atoms with van der Waals surface area (Å²) < 4.78 is 6.00. The highest BCUT2D eigenvalue weighted by atomic mass is 79.9. The minimum absolute atomic E-state index is 0.144. The number of benzene rings is 1. The lowest BCUT2D eigenvalue weighted by atomic mass is 10.1. The third kappa shape index (κ3) is 2.53. The average molecular weight is 292 g/mol. The van der Waals surface area contributed by atoms with E-state index in [-0.39, 0.29) is 5.78 Å². The number of carbonyl (C=O) groups excluding carboxylic acids is 1. The topological polar surface area (TPSA) is 39.2 Å². The molecular weight excluding hydrogens is 282 g/mol. The standard InChI is InChI=1S/C13H10BrNO2/c1-17-12-5-3-2-4-10(12)13(16)11-7-6-9(14)8-15-11/h2-8H,1H3. The highest BCUT2D eigenvalue weighted by Gasteiger charge is 2.14. The Kier molecular flexibility index (Phi) is 3.54. The van der Waals surface area contributed by atoms with Crippen LogP contribution in [-0.4, -0.2) is 17.9 Å². The summed E-state index contributed by atoms with van der Waals surface area (Å²) in [6.45, 7) is 0. The van der Waals surface area contributed by atoms with Gasteiger partial charge in [0.25, 0.3) is 0 Å². The maximum Gasteiger partial charge on any atom is 0.215 e. The Balaban J connectivity index is 2.40. The summed E-state index contributed by atoms with van der Waals surface area (Å²) in [5, 5.41) is 0. The molecule has 0 aliphatic rings. The fraction of sp³-hybridized carbons (Fsp3) is 0.0769. The molecule has 0 amide bonds. The zero-order chi connectivity index (χ0) is 12.3. The molecule has 0 aliphatic heterocycles. The van der Waals surface area contributed by atoms with E-state index < -0.39 is 0 Å². The number of ketones is 1. The largest absolute Gasteiger partial charge is 0.496 e. The summed E-state index contributed by atoms with van der Waals surface area (Å²) >= 11 is 3.28. The van der Waals surface area contributed by atoms with E-state index in [0.717, 1.165) is 4.47 Å². The highest BCUT2D eigenvalue weighted by Crippen LogP contribution is 2.20. The first kappa shape index (κ1) is 11.8. The van der Waals surface area contributed by atoms with Crippen LogP contribution in [0.4, 0.5) is 0 Å². The van der Waals surface area contributed by atoms with Gasteiger partial charge in [-0.15, -0.1) is 0 Å². The van der Waals surface area contributed by atoms with Crippen LogP contribution in [0.25, 0.3) is 0 Å². The molecule has 4 heteroatoms. The van der Waals surface area contributed by atoms with Crippen LogP contribution >= 0.6 is 15.9 Å². The van der Waals surface area contributed by atoms with Crippen molar-refractivity contribution in [3.05, 3.63) is 58.3 Å². The molecule has 2 rings (SSSR count). The van der Waals surface area contributed by atoms with Crippen molar-refractivity contribution in [3.63, 3.8) is 0 Å². The second-order valence-corrected chi connectivity index (χ2v) is 4.31. The normalized spacial score (nSPS) is 10.0. The molecule has 0 radical (unpaired) electrons. The van der Waals surface area contributed by atoms with E-state index >= 15 is 0 Å². The Bertz CT molecular complexity index is 537. The van der Waals surface area contributed by atoms with E-state index in [0.29, 0.717) is 17.0 Å². The summed E-state index contributed by atoms with van der Waals surface area (Å²) in [6, 6.07) is 10.6. The fourth-order valence-corrected chi connectivity index (χ4v) is 1.71. The third-order valence-electron chi connectivity index (χ3n) is 2.31. The molecule has 2 aromatic rings. The van der Waals surface area contributed by atoms with Crippen LogP contribution in [0.2, 0.25) is 0 Å². The van der Waals surface area contributed by atoms with Crippen LogP contribution in [-0.2, 0) is 0 Å². The van der Waals surface area contributed by atoms with Gasteiger partial charge in [0, 0.05) is 10.7 Å². The van der Waals surface area contributed by atoms with Crippen LogP contribution in [0, 0.1) is 0 Å². The van der Waals surface area contributed by atoms with E-state index in [2.05, 4.69) is 20.9 Å². The molecule has 0 aliphatic carbocycles. The number of para-hydroxylation sites is 1. The van der Waals surface area contributed by atoms with Gasteiger partial charge in [-0.2, -0.15) is 0 Å². The fourth-order valence-electron chi connectivity index (χ4n) is 1.48. The molecule has 0 spiro atoms. The van der Waals surface area contributed by atoms with Crippen molar-refractivity contribution < 1.29 is 9.53 Å². The zero-order valence-corrected chi connectivity index (χ0v) is 10.8. The lowest BCUT2D eigenvalue weighted by Crippen LogP contribution is -2.05. The van der Waals surface area contributed by atoms with Crippen molar-refractivity contribution >= 4 is 21.7 Å². The molecule has 0 unspecified atom stereocenters. The molecule has 0 saturated carbocycles. The van der Waals surface area contributed by atoms with Gasteiger partial charge in [0.1, 0.15) is 11.4 Å². The summed E-state index contributed by atoms with van der Waals surface area (Å²) in [6.07, 6.45) is 1.60. The van der Waals surface area contributed by atoms with Crippen molar-refractivity contribution in [2.45, 2.75) is 0 Å². The van der Waals surface area contributed by atoms with Crippen molar-refractivity contribution in [2.24, 2.45) is 0 Å². The molecule has 0 N–H and O–H groups in total. The Hall–Kier alpha value is -1.68. The summed E-state index contributed by atoms with van der Waals surface area (Å²) in [7, 11) is 1.54. The number of aromatic nitrogens is 1. The molecule has 1 heterocycles. The summed E-state index contributed by atoms with van der Waals surface area (Å²) in [5.41, 5.74) is 0.919. The minimum atomic E-state index is -0.144. The van der Waals surface area contributed by atoms with Crippen LogP contribution in [0.3, 0.4) is 0 Å². The molecule has 0 atom stereocenters. The van der Waals surface area contributed by atoms with Crippen LogP contribution < -0.4 is 4.74 Å². The van der Waals surface area contributed by atoms with Gasteiger partial charge in [-0.05, 0) is 40.2 Å². The summed E-state index contributed by atoms with van der Waals surface area (Å²) in [4.78, 5) is 16.3. The van der Waals surface area contributed by atoms with Gasteiger partial charge >= 0.3 is 0 Å². The van der Waals surface area contributed by atoms with E-state index in [1.54, 1.807) is 43.6 Å². The van der Waals surface area contributed by atoms with Crippen LogP contribution in [0.15, 0.2) is 47.1 Å². The molecule has 17 heavy (non-hydrogen) atoms. The van der Waals surface area contributed by atoms with Crippen molar-refractivity contribution in [1.82, 2.24) is 4.98 Å². The molecular formula is C13H10BrNO2. The quantitative estimate of drug-likeness (QED) is 0.816. The van der Waals surface area contributed by atoms with E-state index in [1.807, 2.05) is 6.07 Å². The van der Waals surface area contributed by atoms with Gasteiger partial charge in [-0.1, -0.05) is 12.1 Å². The lowest BCUT2D eigenvalue weighted by molar-refractivity contribution is 0.103. The second-order valence-electron chi connectivity index (χ2n) is 3.39. The van der Waals surface area contributed by atoms with E-state index in [9.17, 15) is 4.79 Å². The number of hydrogen-bond acceptors (Lipinski definition) is 3. The van der Waals surface area contributed by atoms with Crippen LogP contribution in [0.1, 0.15) is 16.1 Å². The molecule has 0 saturated heterocycles. The number of pyridine rings is 1. The minimum Gasteiger partial charge on any atom is -0.496 e. The van der Waals surface area contributed by atoms with Gasteiger partial charge in [-0.25, -0.2) is 0 Å². The Morgan fingerprint density at radius 1 is 1.24 bits per heavy atom. The Morgan fingerprint density at radius 2 is 2.00 bits per heavy atom. The Morgan fingerprint density at radius 3 is 2.65 bits per heavy atom. The van der Waals surface area contributed by atoms with Crippen molar-refractivity contribution in [3.8, 4) is 5.75 Å². The van der Waals surface area contributed by atoms with Crippen molar-refractivity contribution in [1.29, 1.82) is 0 Å². The third-order valence-corrected chi connectivity index (χ3v) is 2.78. The maximum absolute atomic E-state index is 12.2. The average Bonchev–Trinajstić information content (AvgIpc) is 2.39. The predicted molar refractivity (Wildman–Crippen MR) is 68.4 cm³/mol. The molecule has 3 nitrogen and oxygen atoms in total. The number of methoxy groups -OCH3 is 1. The number of carbonyl (C=O) groups is 1. The first-order chi connectivity index (χ1) is 8.22. The highest BCUT2D eigenvalue weighted by molar-refractivity contribution is 9.10. The van der Waals surface area contributed by atoms with E-state index in [1.165, 1.54) is 0 Å². The summed E-state index contributed by atoms with van der Waals surface area (Å²) in [5.74, 6) is 0.414.